The number of aliphatic hydroxyl groups is 1. The zero-order valence-electron chi connectivity index (χ0n) is 15.0. The average Bonchev–Trinajstić information content (AvgIpc) is 2.99. The minimum Gasteiger partial charge on any atom is -0.395 e. The third-order valence-electron chi connectivity index (χ3n) is 4.23. The molecule has 7 heteroatoms. The molecule has 0 aliphatic rings. The SMILES string of the molecule is Cc1nn(-c2ccccc2)c2ncc(C(=O)NCCN(C)CCO)cc12. The van der Waals surface area contributed by atoms with Crippen LogP contribution in [0.3, 0.4) is 0 Å². The Morgan fingerprint density at radius 1 is 1.27 bits per heavy atom. The molecule has 0 fully saturated rings. The number of amides is 1. The molecule has 3 aromatic rings. The van der Waals surface area contributed by atoms with Gasteiger partial charge < -0.3 is 15.3 Å². The van der Waals surface area contributed by atoms with Crippen LogP contribution in [0.2, 0.25) is 0 Å². The number of rotatable bonds is 7. The van der Waals surface area contributed by atoms with Crippen molar-refractivity contribution >= 4 is 16.9 Å². The average molecular weight is 353 g/mol. The minimum absolute atomic E-state index is 0.107. The molecule has 1 amide bonds. The summed E-state index contributed by atoms with van der Waals surface area (Å²) in [5, 5.41) is 17.2. The van der Waals surface area contributed by atoms with Gasteiger partial charge in [0.1, 0.15) is 0 Å². The predicted octanol–water partition coefficient (Wildman–Crippen LogP) is 1.38. The predicted molar refractivity (Wildman–Crippen MR) is 101 cm³/mol. The normalized spacial score (nSPS) is 11.2. The van der Waals surface area contributed by atoms with E-state index in [9.17, 15) is 4.79 Å². The lowest BCUT2D eigenvalue weighted by molar-refractivity contribution is 0.0949. The van der Waals surface area contributed by atoms with Crippen molar-refractivity contribution in [3.63, 3.8) is 0 Å². The molecule has 0 radical (unpaired) electrons. The third kappa shape index (κ3) is 3.89. The Kier molecular flexibility index (Phi) is 5.60. The van der Waals surface area contributed by atoms with Gasteiger partial charge in [-0.2, -0.15) is 5.10 Å². The number of para-hydroxylation sites is 1. The van der Waals surface area contributed by atoms with E-state index in [1.807, 2.05) is 55.3 Å². The summed E-state index contributed by atoms with van der Waals surface area (Å²) in [6.07, 6.45) is 1.58. The minimum atomic E-state index is -0.163. The highest BCUT2D eigenvalue weighted by atomic mass is 16.3. The van der Waals surface area contributed by atoms with Crippen LogP contribution in [0.25, 0.3) is 16.7 Å². The smallest absolute Gasteiger partial charge is 0.252 e. The molecule has 0 aliphatic heterocycles. The molecule has 0 bridgehead atoms. The molecule has 2 aromatic heterocycles. The number of fused-ring (bicyclic) bond motifs is 1. The van der Waals surface area contributed by atoms with Crippen molar-refractivity contribution in [3.05, 3.63) is 53.9 Å². The zero-order chi connectivity index (χ0) is 18.5. The first kappa shape index (κ1) is 18.0. The maximum atomic E-state index is 12.4. The highest BCUT2D eigenvalue weighted by molar-refractivity contribution is 5.97. The van der Waals surface area contributed by atoms with E-state index >= 15 is 0 Å². The second-order valence-corrected chi connectivity index (χ2v) is 6.21. The van der Waals surface area contributed by atoms with Crippen molar-refractivity contribution in [2.45, 2.75) is 6.92 Å². The summed E-state index contributed by atoms with van der Waals surface area (Å²) in [6.45, 7) is 3.79. The molecule has 1 aromatic carbocycles. The van der Waals surface area contributed by atoms with E-state index in [1.54, 1.807) is 10.9 Å². The van der Waals surface area contributed by atoms with E-state index in [0.29, 0.717) is 25.2 Å². The molecule has 136 valence electrons. The van der Waals surface area contributed by atoms with Crippen LogP contribution in [-0.4, -0.2) is 64.0 Å². The van der Waals surface area contributed by atoms with E-state index < -0.39 is 0 Å². The van der Waals surface area contributed by atoms with E-state index in [4.69, 9.17) is 5.11 Å². The fraction of sp³-hybridized carbons (Fsp3) is 0.316. The Balaban J connectivity index is 1.77. The van der Waals surface area contributed by atoms with Gasteiger partial charge in [-0.3, -0.25) is 4.79 Å². The molecule has 0 saturated carbocycles. The van der Waals surface area contributed by atoms with Crippen LogP contribution in [0.1, 0.15) is 16.1 Å². The number of carbonyl (C=O) groups excluding carboxylic acids is 1. The van der Waals surface area contributed by atoms with Crippen LogP contribution in [0, 0.1) is 6.92 Å². The number of hydrogen-bond donors (Lipinski definition) is 2. The molecular formula is C19H23N5O2. The van der Waals surface area contributed by atoms with Crippen molar-refractivity contribution in [3.8, 4) is 5.69 Å². The molecule has 0 unspecified atom stereocenters. The van der Waals surface area contributed by atoms with Crippen molar-refractivity contribution in [1.82, 2.24) is 25.0 Å². The number of benzene rings is 1. The lowest BCUT2D eigenvalue weighted by Gasteiger charge is -2.15. The van der Waals surface area contributed by atoms with Gasteiger partial charge in [0, 0.05) is 31.2 Å². The van der Waals surface area contributed by atoms with Crippen LogP contribution in [0.4, 0.5) is 0 Å². The van der Waals surface area contributed by atoms with E-state index in [1.165, 1.54) is 0 Å². The third-order valence-corrected chi connectivity index (χ3v) is 4.23. The Labute approximate surface area is 152 Å². The summed E-state index contributed by atoms with van der Waals surface area (Å²) in [5.41, 5.74) is 3.00. The van der Waals surface area contributed by atoms with Gasteiger partial charge in [-0.25, -0.2) is 9.67 Å². The van der Waals surface area contributed by atoms with Crippen LogP contribution < -0.4 is 5.32 Å². The highest BCUT2D eigenvalue weighted by Gasteiger charge is 2.14. The Hall–Kier alpha value is -2.77. The first-order valence-corrected chi connectivity index (χ1v) is 8.58. The second kappa shape index (κ2) is 8.07. The number of aromatic nitrogens is 3. The lowest BCUT2D eigenvalue weighted by Crippen LogP contribution is -2.34. The van der Waals surface area contributed by atoms with Gasteiger partial charge in [0.2, 0.25) is 0 Å². The van der Waals surface area contributed by atoms with Crippen molar-refractivity contribution in [1.29, 1.82) is 0 Å². The number of carbonyl (C=O) groups is 1. The monoisotopic (exact) mass is 353 g/mol. The molecule has 26 heavy (non-hydrogen) atoms. The maximum Gasteiger partial charge on any atom is 0.252 e. The van der Waals surface area contributed by atoms with Gasteiger partial charge in [0.25, 0.3) is 5.91 Å². The lowest BCUT2D eigenvalue weighted by atomic mass is 10.2. The summed E-state index contributed by atoms with van der Waals surface area (Å²) in [7, 11) is 1.90. The Morgan fingerprint density at radius 2 is 2.04 bits per heavy atom. The number of aryl methyl sites for hydroxylation is 1. The quantitative estimate of drug-likeness (QED) is 0.671. The molecule has 0 atom stereocenters. The zero-order valence-corrected chi connectivity index (χ0v) is 15.0. The standard InChI is InChI=1S/C19H23N5O2/c1-14-17-12-15(19(26)20-8-9-23(2)10-11-25)13-21-18(17)24(22-14)16-6-4-3-5-7-16/h3-7,12-13,25H,8-11H2,1-2H3,(H,20,26). The Bertz CT molecular complexity index is 892. The van der Waals surface area contributed by atoms with Crippen molar-refractivity contribution in [2.75, 3.05) is 33.3 Å². The van der Waals surface area contributed by atoms with Gasteiger partial charge in [0.05, 0.1) is 23.6 Å². The summed E-state index contributed by atoms with van der Waals surface area (Å²) >= 11 is 0. The number of hydrogen-bond acceptors (Lipinski definition) is 5. The van der Waals surface area contributed by atoms with E-state index in [-0.39, 0.29) is 12.5 Å². The summed E-state index contributed by atoms with van der Waals surface area (Å²) in [6, 6.07) is 11.6. The maximum absolute atomic E-state index is 12.4. The van der Waals surface area contributed by atoms with E-state index in [0.717, 1.165) is 22.4 Å². The van der Waals surface area contributed by atoms with Crippen LogP contribution >= 0.6 is 0 Å². The molecule has 3 rings (SSSR count). The van der Waals surface area contributed by atoms with Crippen molar-refractivity contribution in [2.24, 2.45) is 0 Å². The number of nitrogens with zero attached hydrogens (tertiary/aromatic N) is 4. The van der Waals surface area contributed by atoms with E-state index in [2.05, 4.69) is 15.4 Å². The first-order chi connectivity index (χ1) is 12.6. The topological polar surface area (TPSA) is 83.3 Å². The van der Waals surface area contributed by atoms with Gasteiger partial charge in [0.15, 0.2) is 5.65 Å². The number of pyridine rings is 1. The fourth-order valence-corrected chi connectivity index (χ4v) is 2.76. The molecule has 0 saturated heterocycles. The number of likely N-dealkylation sites (N-methyl/N-ethyl adjacent to an activating group) is 1. The molecule has 2 N–H and O–H groups in total. The summed E-state index contributed by atoms with van der Waals surface area (Å²) in [5.74, 6) is -0.163. The summed E-state index contributed by atoms with van der Waals surface area (Å²) in [4.78, 5) is 18.8. The van der Waals surface area contributed by atoms with Crippen LogP contribution in [0.15, 0.2) is 42.6 Å². The second-order valence-electron chi connectivity index (χ2n) is 6.21. The van der Waals surface area contributed by atoms with Gasteiger partial charge in [-0.05, 0) is 32.2 Å². The van der Waals surface area contributed by atoms with Crippen molar-refractivity contribution < 1.29 is 9.90 Å². The number of nitrogens with one attached hydrogen (secondary N) is 1. The molecular weight excluding hydrogens is 330 g/mol. The largest absolute Gasteiger partial charge is 0.395 e. The van der Waals surface area contributed by atoms with Gasteiger partial charge in [-0.15, -0.1) is 0 Å². The molecule has 0 spiro atoms. The first-order valence-electron chi connectivity index (χ1n) is 8.58. The van der Waals surface area contributed by atoms with Crippen LogP contribution in [-0.2, 0) is 0 Å². The molecule has 0 aliphatic carbocycles. The highest BCUT2D eigenvalue weighted by Crippen LogP contribution is 2.20. The fourth-order valence-electron chi connectivity index (χ4n) is 2.76. The number of aliphatic hydroxyl groups excluding tert-OH is 1. The molecule has 7 nitrogen and oxygen atoms in total. The van der Waals surface area contributed by atoms with Gasteiger partial charge in [-0.1, -0.05) is 18.2 Å². The van der Waals surface area contributed by atoms with Crippen LogP contribution in [0.5, 0.6) is 0 Å². The molecule has 2 heterocycles. The summed E-state index contributed by atoms with van der Waals surface area (Å²) < 4.78 is 1.79. The Morgan fingerprint density at radius 3 is 2.77 bits per heavy atom. The van der Waals surface area contributed by atoms with Gasteiger partial charge >= 0.3 is 0 Å².